The van der Waals surface area contributed by atoms with E-state index in [1.807, 2.05) is 6.92 Å². The molecule has 0 aromatic heterocycles. The highest BCUT2D eigenvalue weighted by Crippen LogP contribution is 2.35. The van der Waals surface area contributed by atoms with Crippen LogP contribution < -0.4 is 5.32 Å². The van der Waals surface area contributed by atoms with Crippen LogP contribution in [-0.4, -0.2) is 23.2 Å². The summed E-state index contributed by atoms with van der Waals surface area (Å²) in [7, 11) is 0. The van der Waals surface area contributed by atoms with Gasteiger partial charge in [0.25, 0.3) is 0 Å². The van der Waals surface area contributed by atoms with Crippen LogP contribution in [0.3, 0.4) is 0 Å². The third-order valence-corrected chi connectivity index (χ3v) is 3.84. The summed E-state index contributed by atoms with van der Waals surface area (Å²) in [6, 6.07) is 0.539. The van der Waals surface area contributed by atoms with Gasteiger partial charge in [-0.15, -0.1) is 0 Å². The Bertz CT molecular complexity index is 250. The van der Waals surface area contributed by atoms with Gasteiger partial charge in [0.05, 0.1) is 5.92 Å². The first-order valence-corrected chi connectivity index (χ1v) is 6.31. The van der Waals surface area contributed by atoms with Crippen molar-refractivity contribution >= 4 is 5.97 Å². The van der Waals surface area contributed by atoms with E-state index in [4.69, 9.17) is 5.11 Å². The molecule has 16 heavy (non-hydrogen) atoms. The molecule has 0 spiro atoms. The van der Waals surface area contributed by atoms with Crippen molar-refractivity contribution in [1.82, 2.24) is 5.32 Å². The van der Waals surface area contributed by atoms with Crippen molar-refractivity contribution in [3.63, 3.8) is 0 Å². The van der Waals surface area contributed by atoms with Crippen LogP contribution in [0, 0.1) is 11.3 Å². The number of carboxylic acid groups (broad SMARTS) is 1. The van der Waals surface area contributed by atoms with Gasteiger partial charge in [0.1, 0.15) is 0 Å². The number of hydrogen-bond acceptors (Lipinski definition) is 2. The van der Waals surface area contributed by atoms with Crippen molar-refractivity contribution < 1.29 is 9.90 Å². The van der Waals surface area contributed by atoms with Crippen LogP contribution in [0.4, 0.5) is 0 Å². The molecule has 0 aromatic rings. The summed E-state index contributed by atoms with van der Waals surface area (Å²) in [6.07, 6.45) is 4.87. The van der Waals surface area contributed by atoms with Crippen LogP contribution in [-0.2, 0) is 4.79 Å². The monoisotopic (exact) mass is 227 g/mol. The lowest BCUT2D eigenvalue weighted by Crippen LogP contribution is -2.45. The fourth-order valence-electron chi connectivity index (χ4n) is 2.57. The van der Waals surface area contributed by atoms with E-state index in [0.717, 1.165) is 6.42 Å². The third kappa shape index (κ3) is 3.78. The average molecular weight is 227 g/mol. The molecule has 3 heteroatoms. The highest BCUT2D eigenvalue weighted by Gasteiger charge is 2.30. The lowest BCUT2D eigenvalue weighted by Gasteiger charge is -2.37. The van der Waals surface area contributed by atoms with E-state index in [0.29, 0.717) is 11.5 Å². The molecule has 0 bridgehead atoms. The molecular formula is C13H25NO2. The molecule has 1 aliphatic rings. The molecule has 0 radical (unpaired) electrons. The second kappa shape index (κ2) is 5.17. The first-order valence-electron chi connectivity index (χ1n) is 6.31. The summed E-state index contributed by atoms with van der Waals surface area (Å²) in [4.78, 5) is 10.9. The Morgan fingerprint density at radius 2 is 2.06 bits per heavy atom. The van der Waals surface area contributed by atoms with Gasteiger partial charge in [-0.2, -0.15) is 0 Å². The summed E-state index contributed by atoms with van der Waals surface area (Å²) < 4.78 is 0. The number of rotatable bonds is 4. The van der Waals surface area contributed by atoms with Gasteiger partial charge in [-0.1, -0.05) is 27.2 Å². The Morgan fingerprint density at radius 3 is 2.56 bits per heavy atom. The van der Waals surface area contributed by atoms with Crippen molar-refractivity contribution in [3.8, 4) is 0 Å². The summed E-state index contributed by atoms with van der Waals surface area (Å²) in [6.45, 7) is 8.34. The zero-order valence-corrected chi connectivity index (χ0v) is 10.9. The molecule has 0 saturated heterocycles. The molecule has 1 aliphatic carbocycles. The first-order chi connectivity index (χ1) is 7.32. The Kier molecular flexibility index (Phi) is 4.36. The zero-order valence-electron chi connectivity index (χ0n) is 10.9. The summed E-state index contributed by atoms with van der Waals surface area (Å²) in [5.41, 5.74) is 0.405. The Labute approximate surface area is 98.6 Å². The molecule has 1 saturated carbocycles. The molecule has 3 nitrogen and oxygen atoms in total. The van der Waals surface area contributed by atoms with E-state index < -0.39 is 5.97 Å². The largest absolute Gasteiger partial charge is 0.481 e. The van der Waals surface area contributed by atoms with Gasteiger partial charge >= 0.3 is 5.97 Å². The highest BCUT2D eigenvalue weighted by molar-refractivity contribution is 5.70. The minimum Gasteiger partial charge on any atom is -0.481 e. The van der Waals surface area contributed by atoms with E-state index in [1.165, 1.54) is 19.3 Å². The van der Waals surface area contributed by atoms with Gasteiger partial charge in [0.2, 0.25) is 0 Å². The second-order valence-corrected chi connectivity index (χ2v) is 6.04. The fourth-order valence-corrected chi connectivity index (χ4v) is 2.57. The average Bonchev–Trinajstić information content (AvgIpc) is 2.14. The molecule has 0 aromatic carbocycles. The van der Waals surface area contributed by atoms with Crippen molar-refractivity contribution in [2.75, 3.05) is 0 Å². The lowest BCUT2D eigenvalue weighted by molar-refractivity contribution is -0.142. The number of aliphatic carboxylic acids is 1. The summed E-state index contributed by atoms with van der Waals surface area (Å²) >= 11 is 0. The lowest BCUT2D eigenvalue weighted by atomic mass is 9.75. The molecule has 2 N–H and O–H groups in total. The third-order valence-electron chi connectivity index (χ3n) is 3.84. The fraction of sp³-hybridized carbons (Fsp3) is 0.923. The zero-order chi connectivity index (χ0) is 12.3. The number of carbonyl (C=O) groups is 1. The van der Waals surface area contributed by atoms with Gasteiger partial charge in [0, 0.05) is 12.1 Å². The van der Waals surface area contributed by atoms with Crippen LogP contribution in [0.15, 0.2) is 0 Å². The van der Waals surface area contributed by atoms with Gasteiger partial charge in [-0.05, 0) is 31.6 Å². The van der Waals surface area contributed by atoms with E-state index >= 15 is 0 Å². The molecule has 3 atom stereocenters. The van der Waals surface area contributed by atoms with Gasteiger partial charge in [0.15, 0.2) is 0 Å². The molecule has 1 rings (SSSR count). The molecule has 0 heterocycles. The maximum absolute atomic E-state index is 10.9. The van der Waals surface area contributed by atoms with E-state index in [-0.39, 0.29) is 12.0 Å². The molecule has 0 aliphatic heterocycles. The quantitative estimate of drug-likeness (QED) is 0.776. The molecule has 3 unspecified atom stereocenters. The van der Waals surface area contributed by atoms with Crippen LogP contribution in [0.2, 0.25) is 0 Å². The maximum atomic E-state index is 10.9. The second-order valence-electron chi connectivity index (χ2n) is 6.04. The van der Waals surface area contributed by atoms with Crippen LogP contribution in [0.1, 0.15) is 53.4 Å². The molecule has 94 valence electrons. The maximum Gasteiger partial charge on any atom is 0.307 e. The predicted molar refractivity (Wildman–Crippen MR) is 65.4 cm³/mol. The smallest absolute Gasteiger partial charge is 0.307 e. The van der Waals surface area contributed by atoms with E-state index in [2.05, 4.69) is 19.2 Å². The topological polar surface area (TPSA) is 49.3 Å². The van der Waals surface area contributed by atoms with Crippen LogP contribution >= 0.6 is 0 Å². The number of carboxylic acids is 1. The van der Waals surface area contributed by atoms with Crippen molar-refractivity contribution in [3.05, 3.63) is 0 Å². The minimum absolute atomic E-state index is 0.0522. The van der Waals surface area contributed by atoms with Crippen LogP contribution in [0.25, 0.3) is 0 Å². The first kappa shape index (κ1) is 13.5. The molecular weight excluding hydrogens is 202 g/mol. The van der Waals surface area contributed by atoms with Gasteiger partial charge in [-0.3, -0.25) is 4.79 Å². The normalized spacial score (nSPS) is 28.4. The number of nitrogens with one attached hydrogen (secondary N) is 1. The summed E-state index contributed by atoms with van der Waals surface area (Å²) in [5, 5.41) is 12.4. The van der Waals surface area contributed by atoms with Crippen molar-refractivity contribution in [2.24, 2.45) is 11.3 Å². The number of hydrogen-bond donors (Lipinski definition) is 2. The van der Waals surface area contributed by atoms with E-state index in [9.17, 15) is 4.79 Å². The van der Waals surface area contributed by atoms with Gasteiger partial charge in [-0.25, -0.2) is 0 Å². The van der Waals surface area contributed by atoms with Crippen molar-refractivity contribution in [1.29, 1.82) is 0 Å². The Morgan fingerprint density at radius 1 is 1.44 bits per heavy atom. The van der Waals surface area contributed by atoms with E-state index in [1.54, 1.807) is 6.92 Å². The van der Waals surface area contributed by atoms with Crippen LogP contribution in [0.5, 0.6) is 0 Å². The molecule has 0 amide bonds. The molecule has 1 fully saturated rings. The Balaban J connectivity index is 2.45. The highest BCUT2D eigenvalue weighted by atomic mass is 16.4. The Hall–Kier alpha value is -0.570. The summed E-state index contributed by atoms with van der Waals surface area (Å²) in [5.74, 6) is -1.03. The van der Waals surface area contributed by atoms with Crippen molar-refractivity contribution in [2.45, 2.75) is 65.5 Å². The SMILES string of the molecule is CC(NC1CCCC(C)(C)C1)C(C)C(=O)O. The standard InChI is InChI=1S/C13H25NO2/c1-9(12(15)16)10(2)14-11-6-5-7-13(3,4)8-11/h9-11,14H,5-8H2,1-4H3,(H,15,16). The predicted octanol–water partition coefficient (Wildman–Crippen LogP) is 2.65. The minimum atomic E-state index is -0.713. The van der Waals surface area contributed by atoms with Gasteiger partial charge < -0.3 is 10.4 Å².